The summed E-state index contributed by atoms with van der Waals surface area (Å²) in [5, 5.41) is 11.1. The molecule has 1 amide bonds. The fourth-order valence-electron chi connectivity index (χ4n) is 3.18. The summed E-state index contributed by atoms with van der Waals surface area (Å²) in [6, 6.07) is 11.3. The SMILES string of the molecule is O=C(Nc1ccc(N2CCOCC2)cc1)c1ccc(N2CCOCC2)nn1. The second-order valence-corrected chi connectivity index (χ2v) is 6.48. The van der Waals surface area contributed by atoms with Gasteiger partial charge in [0.05, 0.1) is 26.4 Å². The number of nitrogens with one attached hydrogen (secondary N) is 1. The number of ether oxygens (including phenoxy) is 2. The lowest BCUT2D eigenvalue weighted by Gasteiger charge is -2.28. The highest BCUT2D eigenvalue weighted by Gasteiger charge is 2.15. The number of anilines is 3. The number of aromatic nitrogens is 2. The van der Waals surface area contributed by atoms with Gasteiger partial charge in [0.2, 0.25) is 0 Å². The summed E-state index contributed by atoms with van der Waals surface area (Å²) in [7, 11) is 0. The number of rotatable bonds is 4. The number of hydrogen-bond donors (Lipinski definition) is 1. The number of benzene rings is 1. The summed E-state index contributed by atoms with van der Waals surface area (Å²) in [4.78, 5) is 16.8. The third-order valence-corrected chi connectivity index (χ3v) is 4.72. The molecular weight excluding hydrogens is 346 g/mol. The van der Waals surface area contributed by atoms with Gasteiger partial charge >= 0.3 is 0 Å². The van der Waals surface area contributed by atoms with E-state index in [4.69, 9.17) is 9.47 Å². The Balaban J connectivity index is 1.36. The molecule has 2 aliphatic heterocycles. The van der Waals surface area contributed by atoms with Gasteiger partial charge in [0.15, 0.2) is 11.5 Å². The van der Waals surface area contributed by atoms with Gasteiger partial charge in [-0.25, -0.2) is 0 Å². The van der Waals surface area contributed by atoms with E-state index in [-0.39, 0.29) is 5.91 Å². The summed E-state index contributed by atoms with van der Waals surface area (Å²) in [5.74, 6) is 0.500. The van der Waals surface area contributed by atoms with Crippen molar-refractivity contribution in [3.63, 3.8) is 0 Å². The van der Waals surface area contributed by atoms with E-state index >= 15 is 0 Å². The highest BCUT2D eigenvalue weighted by Crippen LogP contribution is 2.19. The predicted octanol–water partition coefficient (Wildman–Crippen LogP) is 1.40. The second kappa shape index (κ2) is 8.32. The minimum atomic E-state index is -0.268. The second-order valence-electron chi connectivity index (χ2n) is 6.48. The number of nitrogens with zero attached hydrogens (tertiary/aromatic N) is 4. The highest BCUT2D eigenvalue weighted by molar-refractivity contribution is 6.02. The van der Waals surface area contributed by atoms with Crippen molar-refractivity contribution in [1.82, 2.24) is 10.2 Å². The Morgan fingerprint density at radius 1 is 0.815 bits per heavy atom. The lowest BCUT2D eigenvalue weighted by Crippen LogP contribution is -2.37. The normalized spacial score (nSPS) is 17.6. The van der Waals surface area contributed by atoms with Crippen LogP contribution in [-0.2, 0) is 9.47 Å². The van der Waals surface area contributed by atoms with E-state index in [1.165, 1.54) is 0 Å². The lowest BCUT2D eigenvalue weighted by molar-refractivity contribution is 0.102. The molecule has 0 spiro atoms. The summed E-state index contributed by atoms with van der Waals surface area (Å²) < 4.78 is 10.7. The molecule has 0 aliphatic carbocycles. The minimum Gasteiger partial charge on any atom is -0.378 e. The van der Waals surface area contributed by atoms with Crippen LogP contribution in [0.25, 0.3) is 0 Å². The van der Waals surface area contributed by atoms with Gasteiger partial charge in [-0.15, -0.1) is 10.2 Å². The van der Waals surface area contributed by atoms with Crippen molar-refractivity contribution in [2.45, 2.75) is 0 Å². The van der Waals surface area contributed by atoms with Crippen molar-refractivity contribution < 1.29 is 14.3 Å². The maximum Gasteiger partial charge on any atom is 0.276 e. The molecule has 3 heterocycles. The van der Waals surface area contributed by atoms with E-state index in [0.717, 1.165) is 56.6 Å². The van der Waals surface area contributed by atoms with Crippen molar-refractivity contribution in [3.8, 4) is 0 Å². The Labute approximate surface area is 158 Å². The van der Waals surface area contributed by atoms with E-state index in [9.17, 15) is 4.79 Å². The molecule has 4 rings (SSSR count). The van der Waals surface area contributed by atoms with E-state index in [1.807, 2.05) is 30.3 Å². The largest absolute Gasteiger partial charge is 0.378 e. The van der Waals surface area contributed by atoms with Crippen LogP contribution in [0.2, 0.25) is 0 Å². The van der Waals surface area contributed by atoms with Crippen molar-refractivity contribution in [1.29, 1.82) is 0 Å². The first kappa shape index (κ1) is 17.7. The van der Waals surface area contributed by atoms with Gasteiger partial charge in [-0.2, -0.15) is 0 Å². The zero-order chi connectivity index (χ0) is 18.5. The van der Waals surface area contributed by atoms with Gasteiger partial charge in [0, 0.05) is 37.6 Å². The Morgan fingerprint density at radius 3 is 2.04 bits per heavy atom. The van der Waals surface area contributed by atoms with Crippen LogP contribution in [0.1, 0.15) is 10.5 Å². The molecule has 0 unspecified atom stereocenters. The fourth-order valence-corrected chi connectivity index (χ4v) is 3.18. The Kier molecular flexibility index (Phi) is 5.45. The van der Waals surface area contributed by atoms with Crippen LogP contribution >= 0.6 is 0 Å². The molecule has 0 atom stereocenters. The van der Waals surface area contributed by atoms with Crippen molar-refractivity contribution in [2.24, 2.45) is 0 Å². The molecule has 0 bridgehead atoms. The van der Waals surface area contributed by atoms with Gasteiger partial charge in [-0.3, -0.25) is 4.79 Å². The van der Waals surface area contributed by atoms with Crippen LogP contribution < -0.4 is 15.1 Å². The maximum atomic E-state index is 12.4. The van der Waals surface area contributed by atoms with Gasteiger partial charge < -0.3 is 24.6 Å². The summed E-state index contributed by atoms with van der Waals surface area (Å²) in [6.45, 7) is 6.21. The molecule has 2 fully saturated rings. The van der Waals surface area contributed by atoms with Gasteiger partial charge in [-0.1, -0.05) is 0 Å². The van der Waals surface area contributed by atoms with Gasteiger partial charge in [0.25, 0.3) is 5.91 Å². The molecule has 0 radical (unpaired) electrons. The number of carbonyl (C=O) groups is 1. The summed E-state index contributed by atoms with van der Waals surface area (Å²) >= 11 is 0. The quantitative estimate of drug-likeness (QED) is 0.873. The van der Waals surface area contributed by atoms with Crippen molar-refractivity contribution >= 4 is 23.1 Å². The monoisotopic (exact) mass is 369 g/mol. The van der Waals surface area contributed by atoms with Crippen molar-refractivity contribution in [2.75, 3.05) is 67.7 Å². The highest BCUT2D eigenvalue weighted by atomic mass is 16.5. The van der Waals surface area contributed by atoms with E-state index in [1.54, 1.807) is 6.07 Å². The third-order valence-electron chi connectivity index (χ3n) is 4.72. The van der Waals surface area contributed by atoms with E-state index in [0.29, 0.717) is 18.9 Å². The predicted molar refractivity (Wildman–Crippen MR) is 102 cm³/mol. The molecule has 1 aromatic carbocycles. The molecule has 8 heteroatoms. The molecule has 1 aromatic heterocycles. The van der Waals surface area contributed by atoms with E-state index in [2.05, 4.69) is 25.3 Å². The first-order valence-corrected chi connectivity index (χ1v) is 9.20. The van der Waals surface area contributed by atoms with Crippen LogP contribution in [0, 0.1) is 0 Å². The first-order chi connectivity index (χ1) is 13.3. The number of amides is 1. The fraction of sp³-hybridized carbons (Fsp3) is 0.421. The summed E-state index contributed by atoms with van der Waals surface area (Å²) in [5.41, 5.74) is 2.16. The zero-order valence-electron chi connectivity index (χ0n) is 15.1. The average molecular weight is 369 g/mol. The zero-order valence-corrected chi connectivity index (χ0v) is 15.1. The number of hydrogen-bond acceptors (Lipinski definition) is 7. The molecule has 0 saturated carbocycles. The lowest BCUT2D eigenvalue weighted by atomic mass is 10.2. The Bertz CT molecular complexity index is 754. The smallest absolute Gasteiger partial charge is 0.276 e. The topological polar surface area (TPSA) is 79.8 Å². The average Bonchev–Trinajstić information content (AvgIpc) is 2.76. The van der Waals surface area contributed by atoms with Crippen LogP contribution in [0.4, 0.5) is 17.2 Å². The molecular formula is C19H23N5O3. The molecule has 142 valence electrons. The van der Waals surface area contributed by atoms with Crippen LogP contribution in [0.3, 0.4) is 0 Å². The minimum absolute atomic E-state index is 0.268. The van der Waals surface area contributed by atoms with Crippen LogP contribution in [0.15, 0.2) is 36.4 Å². The number of carbonyl (C=O) groups excluding carboxylic acids is 1. The van der Waals surface area contributed by atoms with Crippen LogP contribution in [0.5, 0.6) is 0 Å². The maximum absolute atomic E-state index is 12.4. The van der Waals surface area contributed by atoms with Gasteiger partial charge in [-0.05, 0) is 36.4 Å². The third kappa shape index (κ3) is 4.35. The molecule has 8 nitrogen and oxygen atoms in total. The Hall–Kier alpha value is -2.71. The van der Waals surface area contributed by atoms with Crippen LogP contribution in [-0.4, -0.2) is 68.7 Å². The van der Waals surface area contributed by atoms with Crippen molar-refractivity contribution in [3.05, 3.63) is 42.1 Å². The molecule has 2 aliphatic rings. The number of morpholine rings is 2. The standard InChI is InChI=1S/C19H23N5O3/c25-19(17-5-6-18(22-21-17)24-9-13-27-14-10-24)20-15-1-3-16(4-2-15)23-7-11-26-12-8-23/h1-6H,7-14H2,(H,20,25). The van der Waals surface area contributed by atoms with Gasteiger partial charge in [0.1, 0.15) is 0 Å². The molecule has 1 N–H and O–H groups in total. The molecule has 27 heavy (non-hydrogen) atoms. The Morgan fingerprint density at radius 2 is 1.44 bits per heavy atom. The summed E-state index contributed by atoms with van der Waals surface area (Å²) in [6.07, 6.45) is 0. The molecule has 2 aromatic rings. The molecule has 2 saturated heterocycles. The first-order valence-electron chi connectivity index (χ1n) is 9.20. The van der Waals surface area contributed by atoms with E-state index < -0.39 is 0 Å².